The SMILES string of the molecule is CC(C)S(=O)(=O)NC(=O)Cc1ccccc1. The van der Waals surface area contributed by atoms with E-state index in [4.69, 9.17) is 0 Å². The molecule has 0 aromatic heterocycles. The zero-order valence-electron chi connectivity index (χ0n) is 9.30. The summed E-state index contributed by atoms with van der Waals surface area (Å²) in [6, 6.07) is 9.01. The lowest BCUT2D eigenvalue weighted by molar-refractivity contribution is -0.118. The number of hydrogen-bond donors (Lipinski definition) is 1. The monoisotopic (exact) mass is 241 g/mol. The molecular weight excluding hydrogens is 226 g/mol. The molecule has 0 spiro atoms. The topological polar surface area (TPSA) is 63.2 Å². The van der Waals surface area contributed by atoms with Crippen LogP contribution in [0.25, 0.3) is 0 Å². The summed E-state index contributed by atoms with van der Waals surface area (Å²) in [5.41, 5.74) is 0.791. The highest BCUT2D eigenvalue weighted by Crippen LogP contribution is 2.01. The number of benzene rings is 1. The fourth-order valence-electron chi connectivity index (χ4n) is 1.09. The number of amides is 1. The molecular formula is C11H15NO3S. The molecule has 1 aromatic rings. The molecule has 0 bridgehead atoms. The van der Waals surface area contributed by atoms with Gasteiger partial charge >= 0.3 is 0 Å². The van der Waals surface area contributed by atoms with Gasteiger partial charge in [0.25, 0.3) is 0 Å². The van der Waals surface area contributed by atoms with E-state index in [-0.39, 0.29) is 6.42 Å². The minimum absolute atomic E-state index is 0.0762. The molecule has 5 heteroatoms. The molecule has 16 heavy (non-hydrogen) atoms. The second-order valence-electron chi connectivity index (χ2n) is 3.78. The Balaban J connectivity index is 2.62. The molecule has 0 radical (unpaired) electrons. The molecule has 0 unspecified atom stereocenters. The third-order valence-corrected chi connectivity index (χ3v) is 3.84. The van der Waals surface area contributed by atoms with Crippen LogP contribution in [0.5, 0.6) is 0 Å². The lowest BCUT2D eigenvalue weighted by Crippen LogP contribution is -2.36. The highest BCUT2D eigenvalue weighted by molar-refractivity contribution is 7.90. The number of rotatable bonds is 4. The highest BCUT2D eigenvalue weighted by atomic mass is 32.2. The van der Waals surface area contributed by atoms with Gasteiger partial charge in [-0.25, -0.2) is 8.42 Å². The second kappa shape index (κ2) is 5.12. The number of sulfonamides is 1. The minimum atomic E-state index is -3.52. The predicted octanol–water partition coefficient (Wildman–Crippen LogP) is 1.08. The van der Waals surface area contributed by atoms with Gasteiger partial charge in [0, 0.05) is 0 Å². The van der Waals surface area contributed by atoms with Crippen molar-refractivity contribution in [3.63, 3.8) is 0 Å². The summed E-state index contributed by atoms with van der Waals surface area (Å²) in [6.45, 7) is 3.05. The average molecular weight is 241 g/mol. The van der Waals surface area contributed by atoms with E-state index in [0.29, 0.717) is 0 Å². The Morgan fingerprint density at radius 2 is 1.81 bits per heavy atom. The number of carbonyl (C=O) groups is 1. The van der Waals surface area contributed by atoms with Crippen molar-refractivity contribution in [2.45, 2.75) is 25.5 Å². The van der Waals surface area contributed by atoms with Gasteiger partial charge < -0.3 is 0 Å². The van der Waals surface area contributed by atoms with E-state index in [0.717, 1.165) is 5.56 Å². The van der Waals surface area contributed by atoms with Gasteiger partial charge in [0.15, 0.2) is 0 Å². The molecule has 0 aliphatic heterocycles. The van der Waals surface area contributed by atoms with Crippen LogP contribution in [-0.2, 0) is 21.2 Å². The molecule has 0 saturated heterocycles. The van der Waals surface area contributed by atoms with Gasteiger partial charge in [0.05, 0.1) is 11.7 Å². The second-order valence-corrected chi connectivity index (χ2v) is 6.02. The number of carbonyl (C=O) groups excluding carboxylic acids is 1. The van der Waals surface area contributed by atoms with Crippen molar-refractivity contribution >= 4 is 15.9 Å². The van der Waals surface area contributed by atoms with Crippen LogP contribution in [0.3, 0.4) is 0 Å². The van der Waals surface area contributed by atoms with Crippen LogP contribution in [0.2, 0.25) is 0 Å². The van der Waals surface area contributed by atoms with Crippen LogP contribution in [-0.4, -0.2) is 19.6 Å². The molecule has 4 nitrogen and oxygen atoms in total. The first-order chi connectivity index (χ1) is 7.42. The van der Waals surface area contributed by atoms with Crippen molar-refractivity contribution in [3.05, 3.63) is 35.9 Å². The quantitative estimate of drug-likeness (QED) is 0.858. The van der Waals surface area contributed by atoms with Crippen LogP contribution in [0, 0.1) is 0 Å². The normalized spacial score (nSPS) is 11.4. The predicted molar refractivity (Wildman–Crippen MR) is 62.3 cm³/mol. The van der Waals surface area contributed by atoms with Gasteiger partial charge in [0.2, 0.25) is 15.9 Å². The summed E-state index contributed by atoms with van der Waals surface area (Å²) in [4.78, 5) is 11.4. The Bertz CT molecular complexity index is 451. The molecule has 88 valence electrons. The van der Waals surface area contributed by atoms with Gasteiger partial charge in [-0.1, -0.05) is 30.3 Å². The summed E-state index contributed by atoms with van der Waals surface area (Å²) in [6.07, 6.45) is 0.0762. The lowest BCUT2D eigenvalue weighted by atomic mass is 10.1. The van der Waals surface area contributed by atoms with Crippen LogP contribution in [0.1, 0.15) is 19.4 Å². The molecule has 0 aliphatic carbocycles. The fraction of sp³-hybridized carbons (Fsp3) is 0.364. The molecule has 1 aromatic carbocycles. The van der Waals surface area contributed by atoms with Crippen molar-refractivity contribution in [2.24, 2.45) is 0 Å². The summed E-state index contributed by atoms with van der Waals surface area (Å²) < 4.78 is 24.8. The Morgan fingerprint density at radius 1 is 1.25 bits per heavy atom. The van der Waals surface area contributed by atoms with E-state index >= 15 is 0 Å². The van der Waals surface area contributed by atoms with Crippen molar-refractivity contribution in [2.75, 3.05) is 0 Å². The van der Waals surface area contributed by atoms with Gasteiger partial charge in [-0.3, -0.25) is 9.52 Å². The summed E-state index contributed by atoms with van der Waals surface area (Å²) in [5.74, 6) is -0.500. The molecule has 1 amide bonds. The van der Waals surface area contributed by atoms with E-state index in [2.05, 4.69) is 0 Å². The first-order valence-electron chi connectivity index (χ1n) is 5.00. The third-order valence-electron chi connectivity index (χ3n) is 2.08. The Kier molecular flexibility index (Phi) is 4.06. The molecule has 1 rings (SSSR count). The van der Waals surface area contributed by atoms with Crippen LogP contribution in [0.15, 0.2) is 30.3 Å². The molecule has 0 atom stereocenters. The maximum absolute atomic E-state index is 11.4. The smallest absolute Gasteiger partial charge is 0.237 e. The zero-order valence-corrected chi connectivity index (χ0v) is 10.1. The number of hydrogen-bond acceptors (Lipinski definition) is 3. The van der Waals surface area contributed by atoms with Crippen LogP contribution in [0.4, 0.5) is 0 Å². The fourth-order valence-corrected chi connectivity index (χ4v) is 1.72. The first-order valence-corrected chi connectivity index (χ1v) is 6.55. The van der Waals surface area contributed by atoms with Crippen molar-refractivity contribution in [3.8, 4) is 0 Å². The minimum Gasteiger partial charge on any atom is -0.274 e. The highest BCUT2D eigenvalue weighted by Gasteiger charge is 2.18. The van der Waals surface area contributed by atoms with Gasteiger partial charge in [-0.05, 0) is 19.4 Å². The molecule has 0 heterocycles. The molecule has 0 saturated carbocycles. The molecule has 1 N–H and O–H groups in total. The first kappa shape index (κ1) is 12.7. The van der Waals surface area contributed by atoms with E-state index in [9.17, 15) is 13.2 Å². The maximum Gasteiger partial charge on any atom is 0.237 e. The van der Waals surface area contributed by atoms with Crippen molar-refractivity contribution < 1.29 is 13.2 Å². The average Bonchev–Trinajstić information content (AvgIpc) is 2.17. The Labute approximate surface area is 95.7 Å². The van der Waals surface area contributed by atoms with Gasteiger partial charge in [0.1, 0.15) is 0 Å². The Morgan fingerprint density at radius 3 is 2.31 bits per heavy atom. The summed E-state index contributed by atoms with van der Waals surface area (Å²) in [7, 11) is -3.52. The molecule has 0 fully saturated rings. The van der Waals surface area contributed by atoms with Crippen LogP contribution >= 0.6 is 0 Å². The zero-order chi connectivity index (χ0) is 12.2. The summed E-state index contributed by atoms with van der Waals surface area (Å²) >= 11 is 0. The Hall–Kier alpha value is -1.36. The lowest BCUT2D eigenvalue weighted by Gasteiger charge is -2.09. The maximum atomic E-state index is 11.4. The third kappa shape index (κ3) is 3.66. The van der Waals surface area contributed by atoms with E-state index in [1.54, 1.807) is 24.3 Å². The van der Waals surface area contributed by atoms with Crippen molar-refractivity contribution in [1.82, 2.24) is 4.72 Å². The molecule has 0 aliphatic rings. The van der Waals surface area contributed by atoms with E-state index in [1.807, 2.05) is 10.8 Å². The summed E-state index contributed by atoms with van der Waals surface area (Å²) in [5, 5.41) is -0.604. The van der Waals surface area contributed by atoms with Crippen LogP contribution < -0.4 is 4.72 Å². The van der Waals surface area contributed by atoms with Gasteiger partial charge in [-0.2, -0.15) is 0 Å². The largest absolute Gasteiger partial charge is 0.274 e. The van der Waals surface area contributed by atoms with E-state index in [1.165, 1.54) is 13.8 Å². The standard InChI is InChI=1S/C11H15NO3S/c1-9(2)16(14,15)12-11(13)8-10-6-4-3-5-7-10/h3-7,9H,8H2,1-2H3,(H,12,13). The number of nitrogens with one attached hydrogen (secondary N) is 1. The van der Waals surface area contributed by atoms with Gasteiger partial charge in [-0.15, -0.1) is 0 Å². The van der Waals surface area contributed by atoms with E-state index < -0.39 is 21.2 Å². The van der Waals surface area contributed by atoms with Crippen molar-refractivity contribution in [1.29, 1.82) is 0 Å².